The van der Waals surface area contributed by atoms with Gasteiger partial charge in [-0.3, -0.25) is 14.2 Å². The molecule has 2 aromatic heterocycles. The smallest absolute Gasteiger partial charge is 0.264 e. The predicted octanol–water partition coefficient (Wildman–Crippen LogP) is 4.07. The fraction of sp³-hybridized carbons (Fsp3) is 0.227. The standard InChI is InChI=1S/C22H23N5O3S3/c1-3-27(33(29,30)18-7-4-15(2)5-8-18)17-6-9-19-16(12-17)13-20(32-19)21(28)23-10-11-31-22-24-14-25-26-22/h4-9,12-14H,3,10-11H2,1-2H3,(H,23,28)(H,24,25,26). The van der Waals surface area contributed by atoms with Gasteiger partial charge in [0.05, 0.1) is 15.5 Å². The second-order valence-corrected chi connectivity index (χ2v) is 11.2. The number of fused-ring (bicyclic) bond motifs is 1. The Kier molecular flexibility index (Phi) is 7.01. The van der Waals surface area contributed by atoms with Crippen LogP contribution in [0.4, 0.5) is 5.69 Å². The first kappa shape index (κ1) is 23.3. The number of benzene rings is 2. The van der Waals surface area contributed by atoms with Crippen molar-refractivity contribution in [2.24, 2.45) is 0 Å². The van der Waals surface area contributed by atoms with E-state index < -0.39 is 10.0 Å². The molecule has 11 heteroatoms. The Bertz CT molecular complexity index is 1350. The van der Waals surface area contributed by atoms with Crippen LogP contribution in [0.25, 0.3) is 10.1 Å². The zero-order valence-electron chi connectivity index (χ0n) is 18.1. The number of carbonyl (C=O) groups is 1. The molecule has 0 radical (unpaired) electrons. The van der Waals surface area contributed by atoms with Gasteiger partial charge in [0.15, 0.2) is 5.16 Å². The number of aryl methyl sites for hydroxylation is 1. The summed E-state index contributed by atoms with van der Waals surface area (Å²) in [6.07, 6.45) is 1.44. The summed E-state index contributed by atoms with van der Waals surface area (Å²) in [6.45, 7) is 4.50. The number of hydrogen-bond acceptors (Lipinski definition) is 7. The van der Waals surface area contributed by atoms with E-state index in [1.165, 1.54) is 33.7 Å². The molecule has 33 heavy (non-hydrogen) atoms. The van der Waals surface area contributed by atoms with E-state index in [1.807, 2.05) is 19.1 Å². The van der Waals surface area contributed by atoms with Crippen molar-refractivity contribution < 1.29 is 13.2 Å². The van der Waals surface area contributed by atoms with Crippen LogP contribution in [0, 0.1) is 6.92 Å². The summed E-state index contributed by atoms with van der Waals surface area (Å²) in [4.78, 5) is 17.4. The maximum Gasteiger partial charge on any atom is 0.264 e. The Morgan fingerprint density at radius 3 is 2.67 bits per heavy atom. The highest BCUT2D eigenvalue weighted by molar-refractivity contribution is 7.99. The third-order valence-corrected chi connectivity index (χ3v) is 8.84. The molecule has 0 atom stereocenters. The Morgan fingerprint density at radius 2 is 1.97 bits per heavy atom. The number of aromatic nitrogens is 3. The molecule has 0 aliphatic carbocycles. The first-order valence-corrected chi connectivity index (χ1v) is 13.5. The van der Waals surface area contributed by atoms with E-state index in [-0.39, 0.29) is 10.8 Å². The number of thiophene rings is 1. The number of carbonyl (C=O) groups excluding carboxylic acids is 1. The minimum Gasteiger partial charge on any atom is -0.350 e. The van der Waals surface area contributed by atoms with Gasteiger partial charge in [0.1, 0.15) is 6.33 Å². The summed E-state index contributed by atoms with van der Waals surface area (Å²) in [5.74, 6) is 0.508. The van der Waals surface area contributed by atoms with Crippen LogP contribution in [-0.4, -0.2) is 48.3 Å². The summed E-state index contributed by atoms with van der Waals surface area (Å²) in [7, 11) is -3.69. The molecule has 0 aliphatic heterocycles. The molecule has 1 amide bonds. The van der Waals surface area contributed by atoms with Crippen LogP contribution in [-0.2, 0) is 10.0 Å². The van der Waals surface area contributed by atoms with Crippen molar-refractivity contribution in [3.8, 4) is 0 Å². The third-order valence-electron chi connectivity index (χ3n) is 4.93. The normalized spacial score (nSPS) is 11.6. The van der Waals surface area contributed by atoms with E-state index in [9.17, 15) is 13.2 Å². The topological polar surface area (TPSA) is 108 Å². The van der Waals surface area contributed by atoms with Crippen LogP contribution in [0.1, 0.15) is 22.2 Å². The first-order chi connectivity index (χ1) is 15.9. The van der Waals surface area contributed by atoms with Crippen LogP contribution in [0.5, 0.6) is 0 Å². The van der Waals surface area contributed by atoms with E-state index in [4.69, 9.17) is 0 Å². The van der Waals surface area contributed by atoms with Crippen LogP contribution in [0.3, 0.4) is 0 Å². The minimum absolute atomic E-state index is 0.157. The van der Waals surface area contributed by atoms with Crippen LogP contribution in [0.15, 0.2) is 64.9 Å². The number of nitrogens with one attached hydrogen (secondary N) is 2. The Labute approximate surface area is 200 Å². The van der Waals surface area contributed by atoms with Gasteiger partial charge in [0, 0.05) is 23.5 Å². The lowest BCUT2D eigenvalue weighted by Crippen LogP contribution is -2.30. The van der Waals surface area contributed by atoms with Crippen LogP contribution >= 0.6 is 23.1 Å². The van der Waals surface area contributed by atoms with Gasteiger partial charge in [0.2, 0.25) is 0 Å². The molecular formula is C22H23N5O3S3. The maximum absolute atomic E-state index is 13.2. The number of H-pyrrole nitrogens is 1. The molecule has 0 unspecified atom stereocenters. The monoisotopic (exact) mass is 501 g/mol. The third kappa shape index (κ3) is 5.21. The summed E-state index contributed by atoms with van der Waals surface area (Å²) in [6, 6.07) is 14.1. The molecule has 2 aromatic carbocycles. The molecule has 2 N–H and O–H groups in total. The van der Waals surface area contributed by atoms with Crippen molar-refractivity contribution in [1.29, 1.82) is 0 Å². The highest BCUT2D eigenvalue weighted by Gasteiger charge is 2.24. The molecular weight excluding hydrogens is 478 g/mol. The molecule has 4 rings (SSSR count). The lowest BCUT2D eigenvalue weighted by Gasteiger charge is -2.23. The van der Waals surface area contributed by atoms with Crippen molar-refractivity contribution in [3.63, 3.8) is 0 Å². The fourth-order valence-corrected chi connectivity index (χ4v) is 6.35. The molecule has 0 bridgehead atoms. The van der Waals surface area contributed by atoms with E-state index in [0.29, 0.717) is 34.6 Å². The molecule has 0 saturated carbocycles. The van der Waals surface area contributed by atoms with Gasteiger partial charge >= 0.3 is 0 Å². The second-order valence-electron chi connectivity index (χ2n) is 7.21. The lowest BCUT2D eigenvalue weighted by molar-refractivity contribution is 0.0960. The lowest BCUT2D eigenvalue weighted by atomic mass is 10.2. The summed E-state index contributed by atoms with van der Waals surface area (Å²) < 4.78 is 28.7. The van der Waals surface area contributed by atoms with Gasteiger partial charge < -0.3 is 5.32 Å². The Balaban J connectivity index is 1.49. The molecule has 0 saturated heterocycles. The maximum atomic E-state index is 13.2. The second kappa shape index (κ2) is 9.94. The molecule has 8 nitrogen and oxygen atoms in total. The van der Waals surface area contributed by atoms with Gasteiger partial charge in [-0.25, -0.2) is 13.4 Å². The van der Waals surface area contributed by atoms with Gasteiger partial charge in [-0.15, -0.1) is 11.3 Å². The number of hydrogen-bond donors (Lipinski definition) is 2. The van der Waals surface area contributed by atoms with Crippen molar-refractivity contribution in [2.75, 3.05) is 23.1 Å². The van der Waals surface area contributed by atoms with Gasteiger partial charge in [0.25, 0.3) is 15.9 Å². The van der Waals surface area contributed by atoms with Crippen molar-refractivity contribution in [1.82, 2.24) is 20.5 Å². The van der Waals surface area contributed by atoms with E-state index in [1.54, 1.807) is 43.3 Å². The Hall–Kier alpha value is -2.89. The quantitative estimate of drug-likeness (QED) is 0.264. The molecule has 4 aromatic rings. The number of sulfonamides is 1. The number of amides is 1. The van der Waals surface area contributed by atoms with E-state index in [2.05, 4.69) is 20.5 Å². The van der Waals surface area contributed by atoms with Crippen molar-refractivity contribution in [3.05, 3.63) is 65.3 Å². The van der Waals surface area contributed by atoms with Gasteiger partial charge in [-0.1, -0.05) is 29.5 Å². The summed E-state index contributed by atoms with van der Waals surface area (Å²) in [5.41, 5.74) is 1.57. The molecule has 172 valence electrons. The minimum atomic E-state index is -3.69. The highest BCUT2D eigenvalue weighted by atomic mass is 32.2. The number of thioether (sulfide) groups is 1. The number of nitrogens with zero attached hydrogens (tertiary/aromatic N) is 3. The molecule has 0 aliphatic rings. The van der Waals surface area contributed by atoms with Crippen molar-refractivity contribution in [2.45, 2.75) is 23.9 Å². The zero-order chi connectivity index (χ0) is 23.4. The molecule has 2 heterocycles. The highest BCUT2D eigenvalue weighted by Crippen LogP contribution is 2.32. The van der Waals surface area contributed by atoms with Crippen LogP contribution < -0.4 is 9.62 Å². The number of aromatic amines is 1. The average Bonchev–Trinajstić information content (AvgIpc) is 3.47. The number of anilines is 1. The van der Waals surface area contributed by atoms with E-state index >= 15 is 0 Å². The number of rotatable bonds is 9. The van der Waals surface area contributed by atoms with E-state index in [0.717, 1.165) is 15.6 Å². The summed E-state index contributed by atoms with van der Waals surface area (Å²) in [5, 5.41) is 11.0. The summed E-state index contributed by atoms with van der Waals surface area (Å²) >= 11 is 2.85. The fourth-order valence-electron chi connectivity index (χ4n) is 3.29. The van der Waals surface area contributed by atoms with Gasteiger partial charge in [-0.2, -0.15) is 5.10 Å². The molecule has 0 fully saturated rings. The van der Waals surface area contributed by atoms with Gasteiger partial charge in [-0.05, 0) is 55.6 Å². The zero-order valence-corrected chi connectivity index (χ0v) is 20.6. The van der Waals surface area contributed by atoms with Crippen LogP contribution in [0.2, 0.25) is 0 Å². The Morgan fingerprint density at radius 1 is 1.18 bits per heavy atom. The first-order valence-electron chi connectivity index (χ1n) is 10.3. The predicted molar refractivity (Wildman–Crippen MR) is 133 cm³/mol. The van der Waals surface area contributed by atoms with Crippen molar-refractivity contribution >= 4 is 54.8 Å². The largest absolute Gasteiger partial charge is 0.350 e. The SMILES string of the molecule is CCN(c1ccc2sc(C(=O)NCCSc3ncn[nH]3)cc2c1)S(=O)(=O)c1ccc(C)cc1. The average molecular weight is 502 g/mol. The molecule has 0 spiro atoms.